The number of rotatable bonds is 32. The zero-order valence-corrected chi connectivity index (χ0v) is 32.1. The van der Waals surface area contributed by atoms with Crippen LogP contribution in [0.4, 0.5) is 9.59 Å². The Labute approximate surface area is 289 Å². The average Bonchev–Trinajstić information content (AvgIpc) is 3.06. The van der Waals surface area contributed by atoms with E-state index in [4.69, 9.17) is 40.8 Å². The van der Waals surface area contributed by atoms with E-state index in [0.717, 1.165) is 12.5 Å². The van der Waals surface area contributed by atoms with Crippen LogP contribution >= 0.6 is 0 Å². The zero-order chi connectivity index (χ0) is 35.9. The van der Waals surface area contributed by atoms with Crippen LogP contribution in [0.15, 0.2) is 12.7 Å². The molecule has 0 rings (SSSR count). The van der Waals surface area contributed by atoms with Crippen LogP contribution in [0, 0.1) is 0 Å². The fourth-order valence-corrected chi connectivity index (χ4v) is 9.64. The van der Waals surface area contributed by atoms with E-state index in [1.807, 2.05) is 41.5 Å². The summed E-state index contributed by atoms with van der Waals surface area (Å²) in [7, 11) is -5.48. The summed E-state index contributed by atoms with van der Waals surface area (Å²) >= 11 is 0. The highest BCUT2D eigenvalue weighted by molar-refractivity contribution is 6.61. The minimum absolute atomic E-state index is 0.0101. The zero-order valence-electron chi connectivity index (χ0n) is 30.1. The van der Waals surface area contributed by atoms with E-state index in [1.54, 1.807) is 0 Å². The second-order valence-electron chi connectivity index (χ2n) is 9.88. The highest BCUT2D eigenvalue weighted by Crippen LogP contribution is 2.18. The first-order valence-electron chi connectivity index (χ1n) is 17.0. The van der Waals surface area contributed by atoms with Crippen LogP contribution in [0.1, 0.15) is 54.4 Å². The van der Waals surface area contributed by atoms with E-state index >= 15 is 0 Å². The summed E-state index contributed by atoms with van der Waals surface area (Å²) < 4.78 is 51.1. The van der Waals surface area contributed by atoms with Gasteiger partial charge in [0.05, 0.1) is 26.4 Å². The van der Waals surface area contributed by atoms with Gasteiger partial charge in [-0.15, -0.1) is 0 Å². The first-order valence-corrected chi connectivity index (χ1v) is 20.9. The molecule has 282 valence electrons. The highest BCUT2D eigenvalue weighted by Gasteiger charge is 2.40. The quantitative estimate of drug-likeness (QED) is 0.0304. The summed E-state index contributed by atoms with van der Waals surface area (Å²) in [6.07, 6.45) is 1.82. The largest absolute Gasteiger partial charge is 0.500 e. The monoisotopic (exact) mass is 726 g/mol. The fourth-order valence-electron chi connectivity index (χ4n) is 4.41. The van der Waals surface area contributed by atoms with Gasteiger partial charge in [0.25, 0.3) is 0 Å². The molecule has 0 atom stereocenters. The van der Waals surface area contributed by atoms with Crippen molar-refractivity contribution in [2.45, 2.75) is 66.5 Å². The molecule has 48 heavy (non-hydrogen) atoms. The molecule has 0 aromatic carbocycles. The topological polar surface area (TPSA) is 174 Å². The van der Waals surface area contributed by atoms with Crippen LogP contribution in [0.5, 0.6) is 0 Å². The number of nitrogens with one attached hydrogen (secondary N) is 3. The van der Waals surface area contributed by atoms with Crippen LogP contribution in [-0.2, 0) is 45.6 Å². The molecule has 0 saturated carbocycles. The van der Waals surface area contributed by atoms with Gasteiger partial charge in [-0.25, -0.2) is 14.4 Å². The van der Waals surface area contributed by atoms with Gasteiger partial charge in [-0.3, -0.25) is 5.32 Å². The maximum absolute atomic E-state index is 12.8. The molecule has 16 nitrogen and oxygen atoms in total. The molecule has 0 bridgehead atoms. The van der Waals surface area contributed by atoms with Gasteiger partial charge in [0.2, 0.25) is 0 Å². The lowest BCUT2D eigenvalue weighted by molar-refractivity contribution is -0.137. The van der Waals surface area contributed by atoms with Crippen LogP contribution in [-0.4, -0.2) is 140 Å². The third-order valence-electron chi connectivity index (χ3n) is 6.33. The Hall–Kier alpha value is -2.14. The van der Waals surface area contributed by atoms with Crippen molar-refractivity contribution < 1.29 is 55.2 Å². The van der Waals surface area contributed by atoms with E-state index in [9.17, 15) is 14.4 Å². The van der Waals surface area contributed by atoms with Gasteiger partial charge in [0, 0.05) is 70.9 Å². The Bertz CT molecular complexity index is 829. The highest BCUT2D eigenvalue weighted by atomic mass is 28.4. The molecule has 18 heteroatoms. The van der Waals surface area contributed by atoms with Crippen LogP contribution in [0.2, 0.25) is 12.1 Å². The molecule has 0 aliphatic carbocycles. The number of urea groups is 1. The van der Waals surface area contributed by atoms with Crippen molar-refractivity contribution in [2.24, 2.45) is 0 Å². The lowest BCUT2D eigenvalue weighted by Gasteiger charge is -2.28. The molecule has 0 saturated heterocycles. The average molecular weight is 727 g/mol. The number of alkyl carbamates (subject to hydrolysis) is 1. The number of ether oxygens (including phenoxy) is 3. The maximum Gasteiger partial charge on any atom is 0.500 e. The van der Waals surface area contributed by atoms with Gasteiger partial charge in [-0.05, 0) is 60.9 Å². The van der Waals surface area contributed by atoms with Crippen molar-refractivity contribution in [1.29, 1.82) is 0 Å². The fraction of sp³-hybridized carbons (Fsp3) is 0.833. The number of hydrogen-bond acceptors (Lipinski definition) is 13. The summed E-state index contributed by atoms with van der Waals surface area (Å²) in [6, 6.07) is 0.831. The number of amides is 3. The first-order chi connectivity index (χ1) is 23.2. The molecule has 0 aliphatic heterocycles. The third kappa shape index (κ3) is 21.8. The first kappa shape index (κ1) is 45.9. The van der Waals surface area contributed by atoms with Gasteiger partial charge >= 0.3 is 35.7 Å². The molecule has 0 heterocycles. The minimum Gasteiger partial charge on any atom is -0.461 e. The summed E-state index contributed by atoms with van der Waals surface area (Å²) in [6.45, 7) is 19.8. The Balaban J connectivity index is 4.72. The lowest BCUT2D eigenvalue weighted by Crippen LogP contribution is -2.46. The summed E-state index contributed by atoms with van der Waals surface area (Å²) in [4.78, 5) is 37.8. The number of esters is 1. The second-order valence-corrected chi connectivity index (χ2v) is 15.3. The number of carbonyl (C=O) groups is 3. The van der Waals surface area contributed by atoms with Crippen molar-refractivity contribution in [3.05, 3.63) is 12.7 Å². The Morgan fingerprint density at radius 1 is 0.646 bits per heavy atom. The van der Waals surface area contributed by atoms with E-state index in [2.05, 4.69) is 22.5 Å². The molecule has 0 unspecified atom stereocenters. The molecule has 3 N–H and O–H groups in total. The summed E-state index contributed by atoms with van der Waals surface area (Å²) in [5, 5.41) is 8.62. The maximum atomic E-state index is 12.8. The summed E-state index contributed by atoms with van der Waals surface area (Å²) in [5.41, 5.74) is 0. The molecule has 0 fully saturated rings. The van der Waals surface area contributed by atoms with Crippen molar-refractivity contribution in [1.82, 2.24) is 20.9 Å². The molecule has 0 spiro atoms. The Kier molecular flexibility index (Phi) is 28.4. The van der Waals surface area contributed by atoms with E-state index in [1.165, 1.54) is 4.90 Å². The van der Waals surface area contributed by atoms with Crippen LogP contribution in [0.25, 0.3) is 0 Å². The lowest BCUT2D eigenvalue weighted by atomic mass is 10.5. The number of hydrogen-bond donors (Lipinski definition) is 3. The SMILES string of the molecule is C=CC(=O)OCCNC(=O)N(CCOCNCCC[Si](OCC)(OCC)OCC)CCOC(=O)NCCC[Si](OCC)(OCC)OCC. The van der Waals surface area contributed by atoms with Gasteiger partial charge in [-0.2, -0.15) is 0 Å². The van der Waals surface area contributed by atoms with Crippen molar-refractivity contribution in [3.8, 4) is 0 Å². The van der Waals surface area contributed by atoms with Gasteiger partial charge in [0.1, 0.15) is 13.2 Å². The van der Waals surface area contributed by atoms with E-state index in [-0.39, 0.29) is 46.2 Å². The van der Waals surface area contributed by atoms with Gasteiger partial charge in [0.15, 0.2) is 0 Å². The van der Waals surface area contributed by atoms with Gasteiger partial charge < -0.3 is 56.3 Å². The third-order valence-corrected chi connectivity index (χ3v) is 12.6. The normalized spacial score (nSPS) is 11.6. The number of nitrogens with zero attached hydrogens (tertiary/aromatic N) is 1. The van der Waals surface area contributed by atoms with Crippen LogP contribution < -0.4 is 16.0 Å². The smallest absolute Gasteiger partial charge is 0.461 e. The molecular weight excluding hydrogens is 665 g/mol. The molecule has 0 radical (unpaired) electrons. The predicted molar refractivity (Wildman–Crippen MR) is 184 cm³/mol. The second kappa shape index (κ2) is 29.8. The van der Waals surface area contributed by atoms with Crippen LogP contribution in [0.3, 0.4) is 0 Å². The minimum atomic E-state index is -2.79. The van der Waals surface area contributed by atoms with Crippen molar-refractivity contribution in [2.75, 3.05) is 98.9 Å². The molecule has 0 aliphatic rings. The van der Waals surface area contributed by atoms with Crippen molar-refractivity contribution >= 4 is 35.7 Å². The molecule has 3 amide bonds. The molecular formula is C30H62N4O12Si2. The molecule has 0 aromatic heterocycles. The van der Waals surface area contributed by atoms with Gasteiger partial charge in [-0.1, -0.05) is 6.58 Å². The Morgan fingerprint density at radius 2 is 1.15 bits per heavy atom. The number of carbonyl (C=O) groups excluding carboxylic acids is 3. The molecule has 0 aromatic rings. The Morgan fingerprint density at radius 3 is 1.65 bits per heavy atom. The standard InChI is InChI=1S/C30H62N4O12Si2/c1-8-28(35)39-22-19-32-29(36)34(20-23-38-27-31-17-15-25-47(41-9-2,42-10-3)43-11-4)21-24-40-30(37)33-18-16-26-48(44-12-5,45-13-6)46-14-7/h8,31H,1,9-27H2,2-7H3,(H,32,36)(H,33,37). The van der Waals surface area contributed by atoms with Crippen molar-refractivity contribution in [3.63, 3.8) is 0 Å². The van der Waals surface area contributed by atoms with E-state index < -0.39 is 35.7 Å². The predicted octanol–water partition coefficient (Wildman–Crippen LogP) is 2.89. The summed E-state index contributed by atoms with van der Waals surface area (Å²) in [5.74, 6) is -0.579. The van der Waals surface area contributed by atoms with E-state index in [0.29, 0.717) is 71.2 Å².